The first-order chi connectivity index (χ1) is 17.1. The van der Waals surface area contributed by atoms with E-state index >= 15 is 0 Å². The zero-order chi connectivity index (χ0) is 28.2. The predicted molar refractivity (Wildman–Crippen MR) is 147 cm³/mol. The Morgan fingerprint density at radius 3 is 0.676 bits per heavy atom. The number of Topliss-reactive ketones (excluding diaryl/α,β-unsaturated/α-hetero) is 6. The fraction of sp³-hybridized carbons (Fsp3) is 0.800. The molecule has 0 saturated heterocycles. The van der Waals surface area contributed by atoms with E-state index in [-0.39, 0.29) is 71.0 Å². The van der Waals surface area contributed by atoms with E-state index in [1.807, 2.05) is 41.5 Å². The largest absolute Gasteiger partial charge is 0.299 e. The molecule has 37 heavy (non-hydrogen) atoms. The van der Waals surface area contributed by atoms with Gasteiger partial charge in [0.25, 0.3) is 0 Å². The van der Waals surface area contributed by atoms with E-state index in [0.717, 1.165) is 57.8 Å². The third-order valence-corrected chi connectivity index (χ3v) is 5.20. The van der Waals surface area contributed by atoms with Crippen LogP contribution in [0.15, 0.2) is 0 Å². The zero-order valence-electron chi connectivity index (χ0n) is 24.5. The van der Waals surface area contributed by atoms with Crippen molar-refractivity contribution in [3.8, 4) is 0 Å². The van der Waals surface area contributed by atoms with Crippen LogP contribution in [0.2, 0.25) is 0 Å². The van der Waals surface area contributed by atoms with Crippen LogP contribution in [0.4, 0.5) is 0 Å². The summed E-state index contributed by atoms with van der Waals surface area (Å²) in [7, 11) is 0. The van der Waals surface area contributed by atoms with Gasteiger partial charge in [-0.2, -0.15) is 0 Å². The maximum Gasteiger partial charge on any atom is 0.140 e. The molecule has 0 aromatic rings. The van der Waals surface area contributed by atoms with Gasteiger partial charge >= 0.3 is 0 Å². The van der Waals surface area contributed by atoms with Crippen molar-refractivity contribution >= 4 is 34.7 Å². The quantitative estimate of drug-likeness (QED) is 0.105. The van der Waals surface area contributed by atoms with Crippen LogP contribution in [0.3, 0.4) is 0 Å². The number of unbranched alkanes of at least 4 members (excludes halogenated alkanes) is 3. The third-order valence-electron chi connectivity index (χ3n) is 5.20. The van der Waals surface area contributed by atoms with Crippen LogP contribution in [0.25, 0.3) is 0 Å². The molecule has 0 unspecified atom stereocenters. The number of ketones is 6. The molecule has 7 heteroatoms. The first-order valence-corrected chi connectivity index (χ1v) is 14.2. The van der Waals surface area contributed by atoms with E-state index in [2.05, 4.69) is 0 Å². The van der Waals surface area contributed by atoms with E-state index < -0.39 is 0 Å². The minimum Gasteiger partial charge on any atom is -0.299 e. The van der Waals surface area contributed by atoms with Crippen molar-refractivity contribution < 1.29 is 45.8 Å². The molecule has 0 atom stereocenters. The summed E-state index contributed by atoms with van der Waals surface area (Å²) in [5, 5.41) is 0. The molecule has 0 bridgehead atoms. The van der Waals surface area contributed by atoms with Gasteiger partial charge in [-0.05, 0) is 38.5 Å². The Balaban J connectivity index is -0.000000218. The summed E-state index contributed by atoms with van der Waals surface area (Å²) in [5.74, 6) is 0.608. The summed E-state index contributed by atoms with van der Waals surface area (Å²) in [6, 6.07) is 0. The standard InChI is InChI=1S/3C10H18O2.Fe/c3*1-3-5-7-10(12)8-9(11)6-4-2;/h3*3-8H2,1-2H3;. The van der Waals surface area contributed by atoms with Gasteiger partial charge in [0.2, 0.25) is 0 Å². The van der Waals surface area contributed by atoms with Crippen molar-refractivity contribution in [2.75, 3.05) is 0 Å². The Labute approximate surface area is 237 Å². The maximum atomic E-state index is 11.1. The van der Waals surface area contributed by atoms with Gasteiger partial charge in [-0.15, -0.1) is 0 Å². The second-order valence-electron chi connectivity index (χ2n) is 9.32. The van der Waals surface area contributed by atoms with Crippen LogP contribution in [-0.4, -0.2) is 34.7 Å². The number of carbonyl (C=O) groups is 6. The van der Waals surface area contributed by atoms with Gasteiger partial charge in [-0.25, -0.2) is 0 Å². The van der Waals surface area contributed by atoms with Crippen LogP contribution in [0, 0.1) is 0 Å². The van der Waals surface area contributed by atoms with Crippen LogP contribution >= 0.6 is 0 Å². The second-order valence-corrected chi connectivity index (χ2v) is 9.32. The fourth-order valence-electron chi connectivity index (χ4n) is 3.15. The topological polar surface area (TPSA) is 102 Å². The van der Waals surface area contributed by atoms with Gasteiger partial charge in [0, 0.05) is 55.6 Å². The second kappa shape index (κ2) is 32.6. The van der Waals surface area contributed by atoms with E-state index in [1.54, 1.807) is 0 Å². The molecule has 0 N–H and O–H groups in total. The van der Waals surface area contributed by atoms with E-state index in [4.69, 9.17) is 0 Å². The zero-order valence-corrected chi connectivity index (χ0v) is 25.6. The molecule has 0 spiro atoms. The summed E-state index contributed by atoms with van der Waals surface area (Å²) in [6.45, 7) is 12.0. The van der Waals surface area contributed by atoms with Gasteiger partial charge in [-0.1, -0.05) is 60.8 Å². The van der Waals surface area contributed by atoms with Gasteiger partial charge in [0.05, 0.1) is 19.3 Å². The van der Waals surface area contributed by atoms with E-state index in [9.17, 15) is 28.8 Å². The number of hydrogen-bond acceptors (Lipinski definition) is 6. The molecule has 0 saturated carbocycles. The molecule has 0 aromatic heterocycles. The van der Waals surface area contributed by atoms with Crippen LogP contribution in [0.1, 0.15) is 157 Å². The van der Waals surface area contributed by atoms with Crippen molar-refractivity contribution in [3.05, 3.63) is 0 Å². The minimum absolute atomic E-state index is 0. The smallest absolute Gasteiger partial charge is 0.140 e. The number of carbonyl (C=O) groups excluding carboxylic acids is 6. The van der Waals surface area contributed by atoms with Crippen LogP contribution < -0.4 is 0 Å². The monoisotopic (exact) mass is 566 g/mol. The normalized spacial score (nSPS) is 9.57. The van der Waals surface area contributed by atoms with Gasteiger partial charge < -0.3 is 0 Å². The summed E-state index contributed by atoms with van der Waals surface area (Å²) in [4.78, 5) is 66.2. The maximum absolute atomic E-state index is 11.1. The van der Waals surface area contributed by atoms with Crippen LogP contribution in [-0.2, 0) is 45.8 Å². The Morgan fingerprint density at radius 2 is 0.514 bits per heavy atom. The molecular weight excluding hydrogens is 512 g/mol. The van der Waals surface area contributed by atoms with Crippen molar-refractivity contribution in [2.24, 2.45) is 0 Å². The molecule has 0 aliphatic carbocycles. The van der Waals surface area contributed by atoms with Crippen LogP contribution in [0.5, 0.6) is 0 Å². The van der Waals surface area contributed by atoms with Gasteiger partial charge in [0.15, 0.2) is 0 Å². The van der Waals surface area contributed by atoms with Gasteiger partial charge in [-0.3, -0.25) is 28.8 Å². The molecule has 0 aliphatic heterocycles. The molecule has 218 valence electrons. The van der Waals surface area contributed by atoms with E-state index in [1.165, 1.54) is 0 Å². The number of rotatable bonds is 21. The third kappa shape index (κ3) is 36.8. The molecular formula is C30H54FeO6. The molecule has 0 fully saturated rings. The average Bonchev–Trinajstić information content (AvgIpc) is 2.81. The summed E-state index contributed by atoms with van der Waals surface area (Å²) < 4.78 is 0. The molecule has 6 nitrogen and oxygen atoms in total. The van der Waals surface area contributed by atoms with Crippen molar-refractivity contribution in [2.45, 2.75) is 157 Å². The molecule has 0 heterocycles. The minimum atomic E-state index is 0. The fourth-order valence-corrected chi connectivity index (χ4v) is 3.15. The number of hydrogen-bond donors (Lipinski definition) is 0. The molecule has 0 radical (unpaired) electrons. The molecule has 0 rings (SSSR count). The summed E-state index contributed by atoms with van der Waals surface area (Å²) >= 11 is 0. The first kappa shape index (κ1) is 42.6. The molecule has 0 amide bonds. The van der Waals surface area contributed by atoms with Crippen molar-refractivity contribution in [1.29, 1.82) is 0 Å². The Hall–Kier alpha value is -1.46. The molecule has 0 aliphatic rings. The SMILES string of the molecule is CCCCC(=O)CC(=O)CCC.CCCCC(=O)CC(=O)CCC.CCCCC(=O)CC(=O)CCC.[Fe]. The van der Waals surface area contributed by atoms with Crippen molar-refractivity contribution in [1.82, 2.24) is 0 Å². The average molecular weight is 567 g/mol. The first-order valence-electron chi connectivity index (χ1n) is 14.2. The van der Waals surface area contributed by atoms with Gasteiger partial charge in [0.1, 0.15) is 34.7 Å². The Bertz CT molecular complexity index is 542. The Kier molecular flexibility index (Phi) is 37.5. The molecule has 0 aromatic carbocycles. The Morgan fingerprint density at radius 1 is 0.324 bits per heavy atom. The predicted octanol–water partition coefficient (Wildman–Crippen LogP) is 7.51. The van der Waals surface area contributed by atoms with Crippen molar-refractivity contribution in [3.63, 3.8) is 0 Å². The van der Waals surface area contributed by atoms with E-state index in [0.29, 0.717) is 38.5 Å². The summed E-state index contributed by atoms with van der Waals surface area (Å²) in [5.41, 5.74) is 0. The summed E-state index contributed by atoms with van der Waals surface area (Å²) in [6.07, 6.45) is 12.2.